The first kappa shape index (κ1) is 16.5. The van der Waals surface area contributed by atoms with Crippen LogP contribution in [0.5, 0.6) is 0 Å². The molecule has 3 nitrogen and oxygen atoms in total. The van der Waals surface area contributed by atoms with Crippen molar-refractivity contribution >= 4 is 22.8 Å². The second kappa shape index (κ2) is 7.32. The van der Waals surface area contributed by atoms with Crippen LogP contribution in [0.3, 0.4) is 0 Å². The molecule has 1 saturated heterocycles. The van der Waals surface area contributed by atoms with Crippen molar-refractivity contribution in [1.29, 1.82) is 0 Å². The highest BCUT2D eigenvalue weighted by molar-refractivity contribution is 8.14. The minimum atomic E-state index is -0.0340. The highest BCUT2D eigenvalue weighted by Crippen LogP contribution is 2.27. The summed E-state index contributed by atoms with van der Waals surface area (Å²) in [6.07, 6.45) is 4.50. The summed E-state index contributed by atoms with van der Waals surface area (Å²) in [5.74, 6) is 0.373. The third kappa shape index (κ3) is 7.00. The minimum absolute atomic E-state index is 0.0340. The monoisotopic (exact) mass is 285 g/mol. The second-order valence-electron chi connectivity index (χ2n) is 6.54. The lowest BCUT2D eigenvalue weighted by Gasteiger charge is -2.27. The highest BCUT2D eigenvalue weighted by atomic mass is 32.2. The molecule has 0 aromatic heterocycles. The fourth-order valence-electron chi connectivity index (χ4n) is 2.31. The van der Waals surface area contributed by atoms with Crippen LogP contribution < -0.4 is 0 Å². The van der Waals surface area contributed by atoms with Gasteiger partial charge in [-0.25, -0.2) is 0 Å². The lowest BCUT2D eigenvalue weighted by molar-refractivity contribution is -0.133. The average Bonchev–Trinajstić information content (AvgIpc) is 2.27. The number of hydrogen-bond acceptors (Lipinski definition) is 3. The molecule has 1 rings (SSSR count). The van der Waals surface area contributed by atoms with Crippen LogP contribution in [0, 0.1) is 5.92 Å². The zero-order valence-electron chi connectivity index (χ0n) is 12.7. The van der Waals surface area contributed by atoms with Gasteiger partial charge in [-0.1, -0.05) is 39.5 Å². The maximum absolute atomic E-state index is 12.1. The summed E-state index contributed by atoms with van der Waals surface area (Å²) in [6, 6.07) is 0. The van der Waals surface area contributed by atoms with Gasteiger partial charge < -0.3 is 4.90 Å². The predicted molar refractivity (Wildman–Crippen MR) is 81.2 cm³/mol. The first-order valence-electron chi connectivity index (χ1n) is 7.27. The van der Waals surface area contributed by atoms with E-state index in [0.717, 1.165) is 25.9 Å². The lowest BCUT2D eigenvalue weighted by atomic mass is 10.0. The number of carbonyl (C=O) groups excluding carboxylic acids is 2. The first-order chi connectivity index (χ1) is 8.78. The van der Waals surface area contributed by atoms with Crippen LogP contribution in [0.25, 0.3) is 0 Å². The summed E-state index contributed by atoms with van der Waals surface area (Å²) in [4.78, 5) is 25.9. The van der Waals surface area contributed by atoms with E-state index in [-0.39, 0.29) is 21.7 Å². The van der Waals surface area contributed by atoms with E-state index >= 15 is 0 Å². The predicted octanol–water partition coefficient (Wildman–Crippen LogP) is 3.47. The molecule has 0 spiro atoms. The molecule has 1 heterocycles. The van der Waals surface area contributed by atoms with Crippen molar-refractivity contribution in [3.63, 3.8) is 0 Å². The van der Waals surface area contributed by atoms with Gasteiger partial charge >= 0.3 is 0 Å². The van der Waals surface area contributed by atoms with Gasteiger partial charge in [-0.3, -0.25) is 9.59 Å². The summed E-state index contributed by atoms with van der Waals surface area (Å²) in [5.41, 5.74) is 0. The zero-order chi connectivity index (χ0) is 14.5. The Bertz CT molecular complexity index is 317. The van der Waals surface area contributed by atoms with E-state index in [2.05, 4.69) is 0 Å². The van der Waals surface area contributed by atoms with Gasteiger partial charge in [-0.15, -0.1) is 0 Å². The second-order valence-corrected chi connectivity index (χ2v) is 8.43. The van der Waals surface area contributed by atoms with Crippen LogP contribution >= 0.6 is 11.8 Å². The summed E-state index contributed by atoms with van der Waals surface area (Å²) >= 11 is 1.38. The van der Waals surface area contributed by atoms with E-state index < -0.39 is 0 Å². The molecular formula is C15H27NO2S. The molecule has 0 aromatic carbocycles. The van der Waals surface area contributed by atoms with Crippen molar-refractivity contribution in [1.82, 2.24) is 4.90 Å². The maximum atomic E-state index is 12.1. The first-order valence-corrected chi connectivity index (χ1v) is 8.09. The van der Waals surface area contributed by atoms with Gasteiger partial charge in [0, 0.05) is 30.7 Å². The van der Waals surface area contributed by atoms with E-state index in [1.807, 2.05) is 32.6 Å². The Kier molecular flexibility index (Phi) is 6.37. The molecule has 0 N–H and O–H groups in total. The van der Waals surface area contributed by atoms with Gasteiger partial charge in [0.2, 0.25) is 5.91 Å². The van der Waals surface area contributed by atoms with E-state index in [1.54, 1.807) is 0 Å². The molecule has 1 unspecified atom stereocenters. The molecule has 0 aliphatic carbocycles. The number of piperidine rings is 1. The Morgan fingerprint density at radius 1 is 1.11 bits per heavy atom. The normalized spacial score (nSPS) is 18.2. The maximum Gasteiger partial charge on any atom is 0.222 e. The van der Waals surface area contributed by atoms with Crippen LogP contribution in [0.1, 0.15) is 59.8 Å². The molecule has 110 valence electrons. The summed E-state index contributed by atoms with van der Waals surface area (Å²) in [6.45, 7) is 9.92. The number of thioether (sulfide) groups is 1. The summed E-state index contributed by atoms with van der Waals surface area (Å²) in [5, 5.41) is 0.200. The number of amides is 1. The Balaban J connectivity index is 2.31. The SMILES string of the molecule is CC(CC(=O)SC(C)(C)C)CC(=O)N1CCCCC1. The highest BCUT2D eigenvalue weighted by Gasteiger charge is 2.22. The van der Waals surface area contributed by atoms with Crippen molar-refractivity contribution in [2.24, 2.45) is 5.92 Å². The Hall–Kier alpha value is -0.510. The number of carbonyl (C=O) groups is 2. The van der Waals surface area contributed by atoms with Crippen molar-refractivity contribution in [3.8, 4) is 0 Å². The van der Waals surface area contributed by atoms with Crippen molar-refractivity contribution in [2.75, 3.05) is 13.1 Å². The molecule has 1 fully saturated rings. The molecule has 1 amide bonds. The molecule has 0 aromatic rings. The zero-order valence-corrected chi connectivity index (χ0v) is 13.5. The van der Waals surface area contributed by atoms with Crippen molar-refractivity contribution < 1.29 is 9.59 Å². The molecule has 1 atom stereocenters. The van der Waals surface area contributed by atoms with E-state index in [9.17, 15) is 9.59 Å². The lowest BCUT2D eigenvalue weighted by Crippen LogP contribution is -2.36. The largest absolute Gasteiger partial charge is 0.343 e. The summed E-state index contributed by atoms with van der Waals surface area (Å²) in [7, 11) is 0. The van der Waals surface area contributed by atoms with E-state index in [1.165, 1.54) is 18.2 Å². The minimum Gasteiger partial charge on any atom is -0.343 e. The van der Waals surface area contributed by atoms with Crippen LogP contribution in [0.4, 0.5) is 0 Å². The van der Waals surface area contributed by atoms with Crippen molar-refractivity contribution in [3.05, 3.63) is 0 Å². The van der Waals surface area contributed by atoms with Crippen LogP contribution in [-0.4, -0.2) is 33.8 Å². The molecule has 19 heavy (non-hydrogen) atoms. The van der Waals surface area contributed by atoms with Gasteiger partial charge in [-0.05, 0) is 25.2 Å². The number of hydrogen-bond donors (Lipinski definition) is 0. The number of nitrogens with zero attached hydrogens (tertiary/aromatic N) is 1. The average molecular weight is 285 g/mol. The van der Waals surface area contributed by atoms with Gasteiger partial charge in [0.15, 0.2) is 5.12 Å². The topological polar surface area (TPSA) is 37.4 Å². The third-order valence-corrected chi connectivity index (χ3v) is 4.17. The standard InChI is InChI=1S/C15H27NO2S/c1-12(11-14(18)19-15(2,3)4)10-13(17)16-8-6-5-7-9-16/h12H,5-11H2,1-4H3. The third-order valence-electron chi connectivity index (χ3n) is 3.17. The molecule has 4 heteroatoms. The molecule has 1 aliphatic heterocycles. The van der Waals surface area contributed by atoms with Crippen LogP contribution in [-0.2, 0) is 9.59 Å². The fraction of sp³-hybridized carbons (Fsp3) is 0.867. The Labute approximate surface area is 121 Å². The van der Waals surface area contributed by atoms with E-state index in [0.29, 0.717) is 12.8 Å². The number of rotatable bonds is 4. The molecular weight excluding hydrogens is 258 g/mol. The Morgan fingerprint density at radius 2 is 1.68 bits per heavy atom. The fourth-order valence-corrected chi connectivity index (χ4v) is 3.36. The van der Waals surface area contributed by atoms with Gasteiger partial charge in [0.25, 0.3) is 0 Å². The molecule has 0 bridgehead atoms. The quantitative estimate of drug-likeness (QED) is 0.793. The van der Waals surface area contributed by atoms with Gasteiger partial charge in [0.1, 0.15) is 0 Å². The smallest absolute Gasteiger partial charge is 0.222 e. The summed E-state index contributed by atoms with van der Waals surface area (Å²) < 4.78 is -0.0340. The molecule has 0 saturated carbocycles. The molecule has 0 radical (unpaired) electrons. The van der Waals surface area contributed by atoms with Gasteiger partial charge in [0.05, 0.1) is 0 Å². The van der Waals surface area contributed by atoms with Crippen molar-refractivity contribution in [2.45, 2.75) is 64.5 Å². The van der Waals surface area contributed by atoms with E-state index in [4.69, 9.17) is 0 Å². The van der Waals surface area contributed by atoms with Crippen LogP contribution in [0.2, 0.25) is 0 Å². The van der Waals surface area contributed by atoms with Crippen LogP contribution in [0.15, 0.2) is 0 Å². The molecule has 1 aliphatic rings. The Morgan fingerprint density at radius 3 is 2.21 bits per heavy atom. The van der Waals surface area contributed by atoms with Gasteiger partial charge in [-0.2, -0.15) is 0 Å². The number of likely N-dealkylation sites (tertiary alicyclic amines) is 1.